The fraction of sp³-hybridized carbons (Fsp3) is 0.733. The van der Waals surface area contributed by atoms with E-state index < -0.39 is 29.5 Å². The molecular weight excluding hydrogens is 277 g/mol. The number of carbonyl (C=O) groups excluding carboxylic acids is 2. The van der Waals surface area contributed by atoms with Gasteiger partial charge in [0.2, 0.25) is 0 Å². The lowest BCUT2D eigenvalue weighted by molar-refractivity contribution is -0.142. The smallest absolute Gasteiger partial charge is 0.408 e. The highest BCUT2D eigenvalue weighted by Crippen LogP contribution is 2.16. The van der Waals surface area contributed by atoms with Gasteiger partial charge in [0.05, 0.1) is 19.1 Å². The van der Waals surface area contributed by atoms with Crippen LogP contribution in [0.4, 0.5) is 9.18 Å². The molecule has 0 aromatic heterocycles. The summed E-state index contributed by atoms with van der Waals surface area (Å²) < 4.78 is 23.9. The van der Waals surface area contributed by atoms with Crippen molar-refractivity contribution in [3.8, 4) is 0 Å². The Balaban J connectivity index is 4.71. The fourth-order valence-corrected chi connectivity index (χ4v) is 1.52. The summed E-state index contributed by atoms with van der Waals surface area (Å²) >= 11 is 0. The van der Waals surface area contributed by atoms with Crippen LogP contribution in [0.1, 0.15) is 48.0 Å². The van der Waals surface area contributed by atoms with Crippen molar-refractivity contribution < 1.29 is 23.5 Å². The van der Waals surface area contributed by atoms with E-state index in [0.717, 1.165) is 6.08 Å². The highest BCUT2D eigenvalue weighted by molar-refractivity contribution is 5.71. The van der Waals surface area contributed by atoms with E-state index in [2.05, 4.69) is 5.32 Å². The van der Waals surface area contributed by atoms with Gasteiger partial charge in [0.15, 0.2) is 0 Å². The minimum absolute atomic E-state index is 0.168. The molecule has 0 fully saturated rings. The molecule has 0 heterocycles. The number of esters is 1. The maximum atomic E-state index is 14.1. The summed E-state index contributed by atoms with van der Waals surface area (Å²) in [5, 5.41) is 2.47. The second kappa shape index (κ2) is 8.64. The van der Waals surface area contributed by atoms with Crippen molar-refractivity contribution in [3.05, 3.63) is 11.9 Å². The molecule has 0 aromatic carbocycles. The first-order valence-corrected chi connectivity index (χ1v) is 7.07. The van der Waals surface area contributed by atoms with Crippen molar-refractivity contribution in [2.75, 3.05) is 6.61 Å². The monoisotopic (exact) mass is 303 g/mol. The van der Waals surface area contributed by atoms with Gasteiger partial charge in [0.25, 0.3) is 0 Å². The van der Waals surface area contributed by atoms with Crippen LogP contribution >= 0.6 is 0 Å². The van der Waals surface area contributed by atoms with Crippen LogP contribution in [0.2, 0.25) is 0 Å². The van der Waals surface area contributed by atoms with Crippen molar-refractivity contribution >= 4 is 12.1 Å². The van der Waals surface area contributed by atoms with E-state index in [-0.39, 0.29) is 18.9 Å². The SMILES string of the molecule is CCOC(=O)C/C=C(\F)[C@@H](NC(=O)OC(C)(C)C)C(C)C. The van der Waals surface area contributed by atoms with E-state index in [4.69, 9.17) is 9.47 Å². The highest BCUT2D eigenvalue weighted by atomic mass is 19.1. The maximum Gasteiger partial charge on any atom is 0.408 e. The lowest BCUT2D eigenvalue weighted by Gasteiger charge is -2.25. The minimum atomic E-state index is -0.839. The van der Waals surface area contributed by atoms with Crippen LogP contribution in [-0.2, 0) is 14.3 Å². The van der Waals surface area contributed by atoms with E-state index in [1.807, 2.05) is 0 Å². The predicted molar refractivity (Wildman–Crippen MR) is 78.4 cm³/mol. The van der Waals surface area contributed by atoms with Crippen molar-refractivity contribution in [3.63, 3.8) is 0 Å². The predicted octanol–water partition coefficient (Wildman–Crippen LogP) is 3.34. The number of hydrogen-bond acceptors (Lipinski definition) is 4. The largest absolute Gasteiger partial charge is 0.466 e. The first kappa shape index (κ1) is 19.4. The van der Waals surface area contributed by atoms with Gasteiger partial charge in [-0.15, -0.1) is 0 Å². The van der Waals surface area contributed by atoms with Crippen LogP contribution in [0.3, 0.4) is 0 Å². The molecule has 1 atom stereocenters. The molecule has 1 amide bonds. The summed E-state index contributed by atoms with van der Waals surface area (Å²) in [4.78, 5) is 22.9. The first-order valence-electron chi connectivity index (χ1n) is 7.07. The maximum absolute atomic E-state index is 14.1. The molecule has 21 heavy (non-hydrogen) atoms. The number of carbonyl (C=O) groups is 2. The molecule has 0 saturated heterocycles. The average Bonchev–Trinajstić information content (AvgIpc) is 2.31. The number of alkyl carbamates (subject to hydrolysis) is 1. The Hall–Kier alpha value is -1.59. The Kier molecular flexibility index (Phi) is 7.99. The Morgan fingerprint density at radius 3 is 2.29 bits per heavy atom. The van der Waals surface area contributed by atoms with E-state index in [9.17, 15) is 14.0 Å². The lowest BCUT2D eigenvalue weighted by atomic mass is 10.0. The molecule has 0 aliphatic heterocycles. The average molecular weight is 303 g/mol. The number of hydrogen-bond donors (Lipinski definition) is 1. The van der Waals surface area contributed by atoms with Gasteiger partial charge in [-0.1, -0.05) is 13.8 Å². The second-order valence-electron chi connectivity index (χ2n) is 5.97. The quantitative estimate of drug-likeness (QED) is 0.764. The molecule has 0 unspecified atom stereocenters. The van der Waals surface area contributed by atoms with Crippen molar-refractivity contribution in [1.82, 2.24) is 5.32 Å². The van der Waals surface area contributed by atoms with Gasteiger partial charge in [-0.2, -0.15) is 0 Å². The number of nitrogens with one attached hydrogen (secondary N) is 1. The molecular formula is C15H26FNO4. The molecule has 0 aromatic rings. The third kappa shape index (κ3) is 9.05. The van der Waals surface area contributed by atoms with Crippen LogP contribution in [0.15, 0.2) is 11.9 Å². The van der Waals surface area contributed by atoms with E-state index in [0.29, 0.717) is 0 Å². The first-order chi connectivity index (χ1) is 9.56. The second-order valence-corrected chi connectivity index (χ2v) is 5.97. The summed E-state index contributed by atoms with van der Waals surface area (Å²) in [7, 11) is 0. The van der Waals surface area contributed by atoms with Crippen molar-refractivity contribution in [2.45, 2.75) is 59.6 Å². The van der Waals surface area contributed by atoms with Gasteiger partial charge >= 0.3 is 12.1 Å². The number of ether oxygens (including phenoxy) is 2. The zero-order valence-electron chi connectivity index (χ0n) is 13.7. The van der Waals surface area contributed by atoms with Gasteiger partial charge in [-0.25, -0.2) is 9.18 Å². The third-order valence-corrected chi connectivity index (χ3v) is 2.41. The topological polar surface area (TPSA) is 64.6 Å². The zero-order chi connectivity index (χ0) is 16.6. The minimum Gasteiger partial charge on any atom is -0.466 e. The molecule has 1 N–H and O–H groups in total. The van der Waals surface area contributed by atoms with Gasteiger partial charge in [-0.05, 0) is 39.7 Å². The van der Waals surface area contributed by atoms with E-state index >= 15 is 0 Å². The van der Waals surface area contributed by atoms with Crippen LogP contribution < -0.4 is 5.32 Å². The summed E-state index contributed by atoms with van der Waals surface area (Å²) in [6.45, 7) is 10.6. The Morgan fingerprint density at radius 1 is 1.29 bits per heavy atom. The van der Waals surface area contributed by atoms with Crippen LogP contribution in [0.5, 0.6) is 0 Å². The highest BCUT2D eigenvalue weighted by Gasteiger charge is 2.24. The molecule has 0 aliphatic carbocycles. The Labute approximate surface area is 125 Å². The summed E-state index contributed by atoms with van der Waals surface area (Å²) in [6, 6.07) is -0.839. The summed E-state index contributed by atoms with van der Waals surface area (Å²) in [5.41, 5.74) is -0.656. The zero-order valence-corrected chi connectivity index (χ0v) is 13.7. The van der Waals surface area contributed by atoms with Crippen molar-refractivity contribution in [1.29, 1.82) is 0 Å². The number of rotatable bonds is 6. The fourth-order valence-electron chi connectivity index (χ4n) is 1.52. The standard InChI is InChI=1S/C15H26FNO4/c1-7-20-12(18)9-8-11(16)13(10(2)3)17-14(19)21-15(4,5)6/h8,10,13H,7,9H2,1-6H3,(H,17,19)/b11-8-/t13-/m0/s1. The number of amides is 1. The molecule has 5 nitrogen and oxygen atoms in total. The van der Waals surface area contributed by atoms with Crippen LogP contribution in [0, 0.1) is 5.92 Å². The van der Waals surface area contributed by atoms with Gasteiger partial charge in [-0.3, -0.25) is 4.79 Å². The molecule has 0 aliphatic rings. The Morgan fingerprint density at radius 2 is 1.86 bits per heavy atom. The normalized spacial score (nSPS) is 13.8. The molecule has 0 saturated carbocycles. The molecule has 0 bridgehead atoms. The lowest BCUT2D eigenvalue weighted by Crippen LogP contribution is -2.42. The van der Waals surface area contributed by atoms with E-state index in [1.165, 1.54) is 0 Å². The molecule has 122 valence electrons. The van der Waals surface area contributed by atoms with Crippen LogP contribution in [0.25, 0.3) is 0 Å². The molecule has 0 rings (SSSR count). The Bertz CT molecular complexity index is 386. The van der Waals surface area contributed by atoms with E-state index in [1.54, 1.807) is 41.5 Å². The van der Waals surface area contributed by atoms with Gasteiger partial charge < -0.3 is 14.8 Å². The van der Waals surface area contributed by atoms with Gasteiger partial charge in [0.1, 0.15) is 11.4 Å². The summed E-state index contributed by atoms with van der Waals surface area (Å²) in [5.74, 6) is -1.27. The number of halogens is 1. The third-order valence-electron chi connectivity index (χ3n) is 2.41. The summed E-state index contributed by atoms with van der Waals surface area (Å²) in [6.07, 6.45) is 0.264. The van der Waals surface area contributed by atoms with Gasteiger partial charge in [0, 0.05) is 0 Å². The molecule has 0 radical (unpaired) electrons. The van der Waals surface area contributed by atoms with Crippen LogP contribution in [-0.4, -0.2) is 30.3 Å². The molecule has 0 spiro atoms. The van der Waals surface area contributed by atoms with Crippen molar-refractivity contribution in [2.24, 2.45) is 5.92 Å². The molecule has 6 heteroatoms.